The molecule has 2 saturated carbocycles. The zero-order valence-corrected chi connectivity index (χ0v) is 21.6. The van der Waals surface area contributed by atoms with Gasteiger partial charge in [-0.3, -0.25) is 0 Å². The number of fused-ring (bicyclic) bond motifs is 5. The van der Waals surface area contributed by atoms with Gasteiger partial charge in [0.1, 0.15) is 5.75 Å². The van der Waals surface area contributed by atoms with Gasteiger partial charge in [-0.05, 0) is 116 Å². The Bertz CT molecular complexity index is 880. The summed E-state index contributed by atoms with van der Waals surface area (Å²) in [6.45, 7) is 18.7. The van der Waals surface area contributed by atoms with Gasteiger partial charge in [0.15, 0.2) is 0 Å². The van der Waals surface area contributed by atoms with Crippen LogP contribution in [0.3, 0.4) is 0 Å². The number of benzene rings is 1. The molecule has 4 rings (SSSR count). The van der Waals surface area contributed by atoms with Crippen LogP contribution >= 0.6 is 0 Å². The Morgan fingerprint density at radius 3 is 2.50 bits per heavy atom. The molecule has 4 unspecified atom stereocenters. The van der Waals surface area contributed by atoms with Gasteiger partial charge in [-0.2, -0.15) is 0 Å². The second kappa shape index (κ2) is 7.44. The number of aryl methyl sites for hydroxylation is 1. The lowest BCUT2D eigenvalue weighted by Crippen LogP contribution is -2.44. The van der Waals surface area contributed by atoms with Gasteiger partial charge in [-0.1, -0.05) is 40.5 Å². The van der Waals surface area contributed by atoms with Crippen molar-refractivity contribution in [3.05, 3.63) is 28.8 Å². The summed E-state index contributed by atoms with van der Waals surface area (Å²) in [7, 11) is -1.89. The van der Waals surface area contributed by atoms with E-state index < -0.39 is 8.32 Å². The van der Waals surface area contributed by atoms with Gasteiger partial charge in [0.25, 0.3) is 8.32 Å². The van der Waals surface area contributed by atoms with Gasteiger partial charge in [0.05, 0.1) is 5.56 Å². The van der Waals surface area contributed by atoms with E-state index in [0.717, 1.165) is 35.0 Å². The molecule has 0 aromatic heterocycles. The Morgan fingerprint density at radius 1 is 1.10 bits per heavy atom. The molecule has 0 bridgehead atoms. The van der Waals surface area contributed by atoms with Crippen LogP contribution in [0, 0.1) is 35.0 Å². The molecule has 1 aromatic rings. The lowest BCUT2D eigenvalue weighted by Gasteiger charge is -2.50. The van der Waals surface area contributed by atoms with Crippen molar-refractivity contribution in [3.8, 4) is 17.6 Å². The van der Waals surface area contributed by atoms with E-state index in [0.29, 0.717) is 5.41 Å². The Labute approximate surface area is 186 Å². The third-order valence-electron chi connectivity index (χ3n) is 9.73. The van der Waals surface area contributed by atoms with Crippen molar-refractivity contribution in [1.82, 2.24) is 0 Å². The molecule has 1 aromatic carbocycles. The highest BCUT2D eigenvalue weighted by atomic mass is 28.4. The molecule has 0 radical (unpaired) electrons. The molecule has 5 atom stereocenters. The minimum atomic E-state index is -1.89. The fourth-order valence-corrected chi connectivity index (χ4v) is 7.63. The first-order chi connectivity index (χ1) is 14.0. The van der Waals surface area contributed by atoms with Gasteiger partial charge < -0.3 is 4.43 Å². The van der Waals surface area contributed by atoms with Gasteiger partial charge in [-0.25, -0.2) is 0 Å². The first-order valence-electron chi connectivity index (χ1n) is 12.3. The third-order valence-corrected chi connectivity index (χ3v) is 14.1. The number of hydrogen-bond donors (Lipinski definition) is 0. The first kappa shape index (κ1) is 22.0. The van der Waals surface area contributed by atoms with Crippen LogP contribution in [-0.4, -0.2) is 8.32 Å². The lowest BCUT2D eigenvalue weighted by molar-refractivity contribution is 0.0336. The van der Waals surface area contributed by atoms with Crippen molar-refractivity contribution in [2.75, 3.05) is 0 Å². The molecule has 0 spiro atoms. The molecule has 30 heavy (non-hydrogen) atoms. The Kier molecular flexibility index (Phi) is 5.46. The number of hydrogen-bond acceptors (Lipinski definition) is 1. The van der Waals surface area contributed by atoms with Gasteiger partial charge in [-0.15, -0.1) is 5.92 Å². The molecule has 0 N–H and O–H groups in total. The van der Waals surface area contributed by atoms with E-state index >= 15 is 0 Å². The minimum Gasteiger partial charge on any atom is -0.543 e. The summed E-state index contributed by atoms with van der Waals surface area (Å²) in [6, 6.07) is 4.82. The van der Waals surface area contributed by atoms with E-state index in [1.807, 2.05) is 6.92 Å². The predicted octanol–water partition coefficient (Wildman–Crippen LogP) is 7.93. The fourth-order valence-electron chi connectivity index (χ4n) is 6.61. The maximum absolute atomic E-state index is 6.79. The van der Waals surface area contributed by atoms with E-state index in [1.165, 1.54) is 38.5 Å². The van der Waals surface area contributed by atoms with Crippen molar-refractivity contribution in [2.45, 2.75) is 104 Å². The smallest absolute Gasteiger partial charge is 0.250 e. The molecule has 2 fully saturated rings. The van der Waals surface area contributed by atoms with Crippen LogP contribution in [0.2, 0.25) is 18.1 Å². The van der Waals surface area contributed by atoms with Crippen molar-refractivity contribution in [1.29, 1.82) is 0 Å². The van der Waals surface area contributed by atoms with Crippen LogP contribution in [0.1, 0.15) is 96.3 Å². The molecular formula is C28H42OSi. The van der Waals surface area contributed by atoms with Crippen LogP contribution in [-0.2, 0) is 6.42 Å². The van der Waals surface area contributed by atoms with Crippen molar-refractivity contribution in [2.24, 2.45) is 23.2 Å². The monoisotopic (exact) mass is 422 g/mol. The normalized spacial score (nSPS) is 33.1. The van der Waals surface area contributed by atoms with Crippen LogP contribution in [0.15, 0.2) is 12.1 Å². The molecule has 3 aliphatic rings. The zero-order valence-electron chi connectivity index (χ0n) is 20.6. The molecule has 1 nitrogen and oxygen atoms in total. The van der Waals surface area contributed by atoms with Crippen molar-refractivity contribution < 1.29 is 4.43 Å². The summed E-state index contributed by atoms with van der Waals surface area (Å²) in [6.07, 6.45) is 8.21. The summed E-state index contributed by atoms with van der Waals surface area (Å²) in [4.78, 5) is 0. The maximum Gasteiger partial charge on any atom is 0.250 e. The quantitative estimate of drug-likeness (QED) is 0.347. The molecule has 0 aliphatic heterocycles. The second-order valence-corrected chi connectivity index (χ2v) is 16.9. The highest BCUT2D eigenvalue weighted by Gasteiger charge is 2.53. The number of rotatable bonds is 2. The van der Waals surface area contributed by atoms with E-state index in [-0.39, 0.29) is 5.04 Å². The van der Waals surface area contributed by atoms with Gasteiger partial charge in [0, 0.05) is 0 Å². The van der Waals surface area contributed by atoms with Crippen molar-refractivity contribution in [3.63, 3.8) is 0 Å². The Balaban J connectivity index is 1.71. The molecule has 0 heterocycles. The topological polar surface area (TPSA) is 9.23 Å². The first-order valence-corrected chi connectivity index (χ1v) is 15.2. The van der Waals surface area contributed by atoms with Crippen LogP contribution in [0.5, 0.6) is 5.75 Å². The summed E-state index contributed by atoms with van der Waals surface area (Å²) < 4.78 is 6.79. The molecular weight excluding hydrogens is 380 g/mol. The van der Waals surface area contributed by atoms with E-state index in [1.54, 1.807) is 11.1 Å². The van der Waals surface area contributed by atoms with E-state index in [2.05, 4.69) is 71.7 Å². The molecule has 0 saturated heterocycles. The SMILES string of the molecule is CC#Cc1cc2c(cc1O[Si](C)(C)C(C)(C)C)CCC1C2CC[C@]2(C)C(C)CCC12. The molecule has 2 heteroatoms. The predicted molar refractivity (Wildman–Crippen MR) is 131 cm³/mol. The average Bonchev–Trinajstić information content (AvgIpc) is 2.96. The molecule has 3 aliphatic carbocycles. The summed E-state index contributed by atoms with van der Waals surface area (Å²) >= 11 is 0. The summed E-state index contributed by atoms with van der Waals surface area (Å²) in [5, 5.41) is 0.192. The highest BCUT2D eigenvalue weighted by molar-refractivity contribution is 6.74. The van der Waals surface area contributed by atoms with E-state index in [9.17, 15) is 0 Å². The summed E-state index contributed by atoms with van der Waals surface area (Å²) in [5.41, 5.74) is 4.85. The molecule has 0 amide bonds. The highest BCUT2D eigenvalue weighted by Crippen LogP contribution is 2.63. The zero-order chi connectivity index (χ0) is 21.9. The average molecular weight is 423 g/mol. The Morgan fingerprint density at radius 2 is 1.83 bits per heavy atom. The van der Waals surface area contributed by atoms with Crippen LogP contribution in [0.4, 0.5) is 0 Å². The largest absolute Gasteiger partial charge is 0.543 e. The molecule has 164 valence electrons. The maximum atomic E-state index is 6.79. The third kappa shape index (κ3) is 3.46. The fraction of sp³-hybridized carbons (Fsp3) is 0.714. The standard InChI is InChI=1S/C28H42OSi/c1-9-10-21-17-24-20(18-26(21)29-30(7,8)27(3,4)5)12-13-23-22(24)15-16-28(6)19(2)11-14-25(23)28/h17-19,22-23,25H,11-16H2,1-8H3/t19?,22?,23?,25?,28-/m1/s1. The van der Waals surface area contributed by atoms with Gasteiger partial charge >= 0.3 is 0 Å². The van der Waals surface area contributed by atoms with Crippen LogP contribution < -0.4 is 4.43 Å². The van der Waals surface area contributed by atoms with E-state index in [4.69, 9.17) is 4.43 Å². The minimum absolute atomic E-state index is 0.192. The summed E-state index contributed by atoms with van der Waals surface area (Å²) in [5.74, 6) is 11.0. The van der Waals surface area contributed by atoms with Crippen LogP contribution in [0.25, 0.3) is 0 Å². The van der Waals surface area contributed by atoms with Crippen molar-refractivity contribution >= 4 is 8.32 Å². The lowest BCUT2D eigenvalue weighted by atomic mass is 9.54. The second-order valence-electron chi connectivity index (χ2n) is 12.2. The Hall–Kier alpha value is -1.20. The van der Waals surface area contributed by atoms with Gasteiger partial charge in [0.2, 0.25) is 0 Å².